The summed E-state index contributed by atoms with van der Waals surface area (Å²) in [5, 5.41) is 0. The van der Waals surface area contributed by atoms with Crippen LogP contribution < -0.4 is 10.6 Å². The average molecular weight is 203 g/mol. The van der Waals surface area contributed by atoms with Gasteiger partial charge >= 0.3 is 0 Å². The Morgan fingerprint density at radius 2 is 2.33 bits per heavy atom. The van der Waals surface area contributed by atoms with Crippen molar-refractivity contribution in [3.8, 4) is 0 Å². The van der Waals surface area contributed by atoms with Gasteiger partial charge in [-0.3, -0.25) is 0 Å². The third kappa shape index (κ3) is 1.37. The van der Waals surface area contributed by atoms with Gasteiger partial charge in [0.05, 0.1) is 11.9 Å². The van der Waals surface area contributed by atoms with Crippen molar-refractivity contribution < 1.29 is 0 Å². The van der Waals surface area contributed by atoms with Crippen molar-refractivity contribution in [2.45, 2.75) is 32.2 Å². The van der Waals surface area contributed by atoms with E-state index in [9.17, 15) is 0 Å². The van der Waals surface area contributed by atoms with Crippen LogP contribution in [0.25, 0.3) is 0 Å². The highest BCUT2D eigenvalue weighted by Gasteiger charge is 2.38. The molecular weight excluding hydrogens is 186 g/mol. The molecule has 2 N–H and O–H groups in total. The van der Waals surface area contributed by atoms with E-state index < -0.39 is 0 Å². The molecule has 3 rings (SSSR count). The molecule has 1 aliphatic carbocycles. The summed E-state index contributed by atoms with van der Waals surface area (Å²) >= 11 is 0. The standard InChI is InChI=1S/C12H17N3/c1-8-4-12(14-6-11(8)13)15-7-9-2-3-10(15)5-9/h4,6,9-10H,2-3,5,7,13H2,1H3. The van der Waals surface area contributed by atoms with Gasteiger partial charge < -0.3 is 10.6 Å². The highest BCUT2D eigenvalue weighted by molar-refractivity contribution is 5.53. The van der Waals surface area contributed by atoms with Crippen molar-refractivity contribution in [3.05, 3.63) is 17.8 Å². The van der Waals surface area contributed by atoms with Gasteiger partial charge in [0.25, 0.3) is 0 Å². The average Bonchev–Trinajstić information content (AvgIpc) is 2.83. The van der Waals surface area contributed by atoms with Crippen LogP contribution in [0, 0.1) is 12.8 Å². The zero-order valence-electron chi connectivity index (χ0n) is 9.11. The highest BCUT2D eigenvalue weighted by Crippen LogP contribution is 2.39. The van der Waals surface area contributed by atoms with E-state index in [1.165, 1.54) is 25.8 Å². The highest BCUT2D eigenvalue weighted by atomic mass is 15.2. The number of hydrogen-bond donors (Lipinski definition) is 1. The number of nitrogens with zero attached hydrogens (tertiary/aromatic N) is 2. The molecule has 1 saturated heterocycles. The van der Waals surface area contributed by atoms with Crippen LogP contribution in [0.2, 0.25) is 0 Å². The van der Waals surface area contributed by atoms with E-state index >= 15 is 0 Å². The second kappa shape index (κ2) is 3.12. The predicted molar refractivity (Wildman–Crippen MR) is 61.9 cm³/mol. The second-order valence-corrected chi connectivity index (χ2v) is 4.88. The SMILES string of the molecule is Cc1cc(N2CC3CCC2C3)ncc1N. The number of pyridine rings is 1. The van der Waals surface area contributed by atoms with Gasteiger partial charge in [0, 0.05) is 12.6 Å². The van der Waals surface area contributed by atoms with Crippen molar-refractivity contribution in [2.24, 2.45) is 5.92 Å². The first-order valence-corrected chi connectivity index (χ1v) is 5.73. The summed E-state index contributed by atoms with van der Waals surface area (Å²) in [5.74, 6) is 2.03. The number of anilines is 2. The molecule has 1 aromatic rings. The molecule has 3 nitrogen and oxygen atoms in total. The fourth-order valence-electron chi connectivity index (χ4n) is 2.91. The van der Waals surface area contributed by atoms with E-state index in [0.29, 0.717) is 0 Å². The van der Waals surface area contributed by atoms with Crippen LogP contribution in [-0.4, -0.2) is 17.6 Å². The largest absolute Gasteiger partial charge is 0.397 e. The summed E-state index contributed by atoms with van der Waals surface area (Å²) in [6.45, 7) is 3.25. The molecule has 2 fully saturated rings. The van der Waals surface area contributed by atoms with Crippen LogP contribution in [0.4, 0.5) is 11.5 Å². The Kier molecular flexibility index (Phi) is 1.87. The van der Waals surface area contributed by atoms with Gasteiger partial charge in [0.1, 0.15) is 5.82 Å². The fraction of sp³-hybridized carbons (Fsp3) is 0.583. The lowest BCUT2D eigenvalue weighted by Crippen LogP contribution is -2.32. The van der Waals surface area contributed by atoms with Crippen molar-refractivity contribution >= 4 is 11.5 Å². The van der Waals surface area contributed by atoms with Crippen LogP contribution in [0.5, 0.6) is 0 Å². The maximum atomic E-state index is 5.78. The normalized spacial score (nSPS) is 28.7. The Hall–Kier alpha value is -1.25. The summed E-state index contributed by atoms with van der Waals surface area (Å²) in [7, 11) is 0. The Balaban J connectivity index is 1.90. The summed E-state index contributed by atoms with van der Waals surface area (Å²) < 4.78 is 0. The van der Waals surface area contributed by atoms with Gasteiger partial charge in [0.15, 0.2) is 0 Å². The van der Waals surface area contributed by atoms with E-state index in [2.05, 4.69) is 22.9 Å². The van der Waals surface area contributed by atoms with Gasteiger partial charge in [-0.2, -0.15) is 0 Å². The lowest BCUT2D eigenvalue weighted by molar-refractivity contribution is 0.550. The molecule has 1 aromatic heterocycles. The minimum atomic E-state index is 0.741. The molecule has 0 radical (unpaired) electrons. The van der Waals surface area contributed by atoms with Gasteiger partial charge in [-0.1, -0.05) is 0 Å². The summed E-state index contributed by atoms with van der Waals surface area (Å²) in [6, 6.07) is 2.86. The Labute approximate surface area is 90.3 Å². The second-order valence-electron chi connectivity index (χ2n) is 4.88. The summed E-state index contributed by atoms with van der Waals surface area (Å²) in [6.07, 6.45) is 5.91. The Morgan fingerprint density at radius 1 is 1.47 bits per heavy atom. The quantitative estimate of drug-likeness (QED) is 0.758. The van der Waals surface area contributed by atoms with Crippen molar-refractivity contribution in [2.75, 3.05) is 17.2 Å². The molecule has 1 saturated carbocycles. The number of piperidine rings is 1. The molecule has 15 heavy (non-hydrogen) atoms. The molecule has 0 amide bonds. The van der Waals surface area contributed by atoms with Gasteiger partial charge in [-0.15, -0.1) is 0 Å². The summed E-state index contributed by atoms with van der Waals surface area (Å²) in [4.78, 5) is 6.90. The monoisotopic (exact) mass is 203 g/mol. The van der Waals surface area contributed by atoms with Gasteiger partial charge in [-0.05, 0) is 43.7 Å². The molecule has 0 spiro atoms. The molecule has 0 aromatic carbocycles. The zero-order chi connectivity index (χ0) is 10.4. The first-order chi connectivity index (χ1) is 7.24. The number of nitrogens with two attached hydrogens (primary N) is 1. The fourth-order valence-corrected chi connectivity index (χ4v) is 2.91. The number of nitrogen functional groups attached to an aromatic ring is 1. The van der Waals surface area contributed by atoms with E-state index in [4.69, 9.17) is 5.73 Å². The lowest BCUT2D eigenvalue weighted by atomic mass is 10.1. The first kappa shape index (κ1) is 9.01. The number of aryl methyl sites for hydroxylation is 1. The molecule has 1 aliphatic heterocycles. The molecule has 3 heteroatoms. The van der Waals surface area contributed by atoms with Crippen LogP contribution in [0.3, 0.4) is 0 Å². The predicted octanol–water partition coefficient (Wildman–Crippen LogP) is 1.96. The van der Waals surface area contributed by atoms with Crippen LogP contribution in [-0.2, 0) is 0 Å². The Bertz CT molecular complexity index is 388. The molecule has 2 heterocycles. The topological polar surface area (TPSA) is 42.2 Å². The maximum Gasteiger partial charge on any atom is 0.129 e. The number of aromatic nitrogens is 1. The molecular formula is C12H17N3. The van der Waals surface area contributed by atoms with Gasteiger partial charge in [0.2, 0.25) is 0 Å². The molecule has 2 atom stereocenters. The summed E-state index contributed by atoms with van der Waals surface area (Å²) in [5.41, 5.74) is 7.72. The minimum Gasteiger partial charge on any atom is -0.397 e. The van der Waals surface area contributed by atoms with Crippen molar-refractivity contribution in [1.82, 2.24) is 4.98 Å². The molecule has 2 bridgehead atoms. The number of hydrogen-bond acceptors (Lipinski definition) is 3. The van der Waals surface area contributed by atoms with Gasteiger partial charge in [-0.25, -0.2) is 4.98 Å². The molecule has 80 valence electrons. The number of fused-ring (bicyclic) bond motifs is 2. The van der Waals surface area contributed by atoms with Crippen molar-refractivity contribution in [3.63, 3.8) is 0 Å². The smallest absolute Gasteiger partial charge is 0.129 e. The van der Waals surface area contributed by atoms with E-state index in [1.54, 1.807) is 6.20 Å². The zero-order valence-corrected chi connectivity index (χ0v) is 9.11. The number of rotatable bonds is 1. The minimum absolute atomic E-state index is 0.741. The van der Waals surface area contributed by atoms with Crippen molar-refractivity contribution in [1.29, 1.82) is 0 Å². The lowest BCUT2D eigenvalue weighted by Gasteiger charge is -2.28. The van der Waals surface area contributed by atoms with Crippen LogP contribution >= 0.6 is 0 Å². The third-order valence-corrected chi connectivity index (χ3v) is 3.84. The van der Waals surface area contributed by atoms with E-state index in [1.807, 2.05) is 0 Å². The third-order valence-electron chi connectivity index (χ3n) is 3.84. The first-order valence-electron chi connectivity index (χ1n) is 5.73. The van der Waals surface area contributed by atoms with E-state index in [0.717, 1.165) is 29.0 Å². The maximum absolute atomic E-state index is 5.78. The molecule has 2 unspecified atom stereocenters. The molecule has 2 aliphatic rings. The van der Waals surface area contributed by atoms with Crippen LogP contribution in [0.1, 0.15) is 24.8 Å². The van der Waals surface area contributed by atoms with Crippen LogP contribution in [0.15, 0.2) is 12.3 Å². The Morgan fingerprint density at radius 3 is 2.93 bits per heavy atom. The van der Waals surface area contributed by atoms with E-state index in [-0.39, 0.29) is 0 Å².